The Morgan fingerprint density at radius 3 is 0.971 bits per heavy atom. The molecule has 2 amide bonds. The van der Waals surface area contributed by atoms with Crippen molar-refractivity contribution in [3.8, 4) is 0 Å². The Hall–Kier alpha value is -1.14. The fraction of sp³-hybridized carbons (Fsp3) is 0.968. The first-order chi connectivity index (χ1) is 33.4. The molecule has 0 atom stereocenters. The van der Waals surface area contributed by atoms with Crippen molar-refractivity contribution < 1.29 is 14.7 Å². The maximum absolute atomic E-state index is 13.6. The minimum absolute atomic E-state index is 0.140. The Kier molecular flexibility index (Phi) is 47.2. The van der Waals surface area contributed by atoms with Crippen LogP contribution in [0.3, 0.4) is 0 Å². The van der Waals surface area contributed by atoms with Crippen LogP contribution in [0.1, 0.15) is 342 Å². The summed E-state index contributed by atoms with van der Waals surface area (Å²) in [5.74, 6) is 0.818. The van der Waals surface area contributed by atoms with Crippen molar-refractivity contribution in [1.29, 1.82) is 0 Å². The number of hydrogen-bond acceptors (Lipinski definition) is 4. The molecular formula is C62H123N3O3. The van der Waals surface area contributed by atoms with E-state index in [-0.39, 0.29) is 11.6 Å². The highest BCUT2D eigenvalue weighted by atomic mass is 16.3. The molecular weight excluding hydrogens is 835 g/mol. The molecule has 1 aliphatic carbocycles. The van der Waals surface area contributed by atoms with Crippen LogP contribution in [0.2, 0.25) is 0 Å². The van der Waals surface area contributed by atoms with Crippen LogP contribution in [0, 0.1) is 0 Å². The van der Waals surface area contributed by atoms with E-state index >= 15 is 0 Å². The van der Waals surface area contributed by atoms with Crippen LogP contribution in [-0.2, 0) is 9.59 Å². The minimum Gasteiger partial charge on any atom is -0.393 e. The molecule has 0 bridgehead atoms. The van der Waals surface area contributed by atoms with E-state index in [1.807, 2.05) is 0 Å². The molecule has 0 heterocycles. The summed E-state index contributed by atoms with van der Waals surface area (Å²) in [4.78, 5) is 31.4. The van der Waals surface area contributed by atoms with Crippen LogP contribution in [-0.4, -0.2) is 71.1 Å². The maximum Gasteiger partial charge on any atom is 0.222 e. The van der Waals surface area contributed by atoms with Gasteiger partial charge in [-0.15, -0.1) is 0 Å². The average molecular weight is 959 g/mol. The van der Waals surface area contributed by atoms with Crippen LogP contribution in [0.5, 0.6) is 0 Å². The van der Waals surface area contributed by atoms with Crippen LogP contribution in [0.25, 0.3) is 0 Å². The van der Waals surface area contributed by atoms with E-state index in [2.05, 4.69) is 42.8 Å². The fourth-order valence-electron chi connectivity index (χ4n) is 11.0. The number of nitrogens with zero attached hydrogens (tertiary/aromatic N) is 2. The number of hydrogen-bond donors (Lipinski definition) is 2. The molecule has 6 heteroatoms. The summed E-state index contributed by atoms with van der Waals surface area (Å²) >= 11 is 0. The lowest BCUT2D eigenvalue weighted by atomic mass is 9.77. The van der Waals surface area contributed by atoms with Gasteiger partial charge < -0.3 is 20.2 Å². The Balaban J connectivity index is 2.39. The zero-order chi connectivity index (χ0) is 49.3. The monoisotopic (exact) mass is 958 g/mol. The van der Waals surface area contributed by atoms with E-state index in [1.165, 1.54) is 244 Å². The van der Waals surface area contributed by atoms with Gasteiger partial charge in [0.15, 0.2) is 0 Å². The highest BCUT2D eigenvalue weighted by Gasteiger charge is 2.33. The molecule has 68 heavy (non-hydrogen) atoms. The summed E-state index contributed by atoms with van der Waals surface area (Å²) in [6, 6.07) is 0. The SMILES string of the molecule is CCCCCCCCCCN(CCCCCCCCCC)C(=O)CCCCCCCCCNC1(CCCCCC(=O)N(CCCCCCCCCC)CCCCCCCCCC)CCC(O)CC1. The standard InChI is InChI=1S/C62H123N3O3/c1-5-9-13-17-21-28-34-43-55-64(56-44-35-29-22-18-14-10-6-2)60(67)47-39-32-26-25-27-33-42-54-63-62(52-49-59(66)50-53-62)51-41-38-40-48-61(68)65(57-45-36-30-23-19-15-11-7-3)58-46-37-31-24-20-16-12-8-4/h59,63,66H,5-58H2,1-4H3. The van der Waals surface area contributed by atoms with Crippen molar-refractivity contribution in [3.05, 3.63) is 0 Å². The summed E-state index contributed by atoms with van der Waals surface area (Å²) in [7, 11) is 0. The number of amides is 2. The second-order valence-corrected chi connectivity index (χ2v) is 22.4. The highest BCUT2D eigenvalue weighted by molar-refractivity contribution is 5.76. The third-order valence-electron chi connectivity index (χ3n) is 15.9. The van der Waals surface area contributed by atoms with Crippen LogP contribution in [0.15, 0.2) is 0 Å². The molecule has 0 aromatic carbocycles. The predicted molar refractivity (Wildman–Crippen MR) is 299 cm³/mol. The quantitative estimate of drug-likeness (QED) is 0.0596. The van der Waals surface area contributed by atoms with Crippen LogP contribution in [0.4, 0.5) is 0 Å². The second kappa shape index (κ2) is 49.4. The second-order valence-electron chi connectivity index (χ2n) is 22.4. The third-order valence-corrected chi connectivity index (χ3v) is 15.9. The minimum atomic E-state index is -0.140. The molecule has 1 rings (SSSR count). The van der Waals surface area contributed by atoms with Crippen LogP contribution < -0.4 is 5.32 Å². The number of aliphatic hydroxyl groups excluding tert-OH is 1. The smallest absolute Gasteiger partial charge is 0.222 e. The van der Waals surface area contributed by atoms with Gasteiger partial charge in [-0.05, 0) is 83.6 Å². The summed E-state index contributed by atoms with van der Waals surface area (Å²) in [6.07, 6.45) is 60.5. The molecule has 6 nitrogen and oxygen atoms in total. The normalized spacial score (nSPS) is 16.2. The van der Waals surface area contributed by atoms with Crippen molar-refractivity contribution in [3.63, 3.8) is 0 Å². The zero-order valence-electron chi connectivity index (χ0n) is 46.9. The van der Waals surface area contributed by atoms with Gasteiger partial charge in [0.25, 0.3) is 0 Å². The average Bonchev–Trinajstić information content (AvgIpc) is 3.34. The van der Waals surface area contributed by atoms with Crippen molar-refractivity contribution in [2.45, 2.75) is 354 Å². The molecule has 0 radical (unpaired) electrons. The van der Waals surface area contributed by atoms with Gasteiger partial charge in [0, 0.05) is 44.6 Å². The fourth-order valence-corrected chi connectivity index (χ4v) is 11.0. The Morgan fingerprint density at radius 2 is 0.647 bits per heavy atom. The van der Waals surface area contributed by atoms with Crippen molar-refractivity contribution in [2.24, 2.45) is 0 Å². The molecule has 0 aliphatic heterocycles. The van der Waals surface area contributed by atoms with Gasteiger partial charge in [-0.25, -0.2) is 0 Å². The van der Waals surface area contributed by atoms with Crippen LogP contribution >= 0.6 is 0 Å². The third kappa shape index (κ3) is 39.5. The molecule has 0 spiro atoms. The van der Waals surface area contributed by atoms with Gasteiger partial charge in [-0.1, -0.05) is 252 Å². The van der Waals surface area contributed by atoms with E-state index in [4.69, 9.17) is 0 Å². The molecule has 0 aromatic heterocycles. The van der Waals surface area contributed by atoms with Crippen molar-refractivity contribution in [2.75, 3.05) is 32.7 Å². The van der Waals surface area contributed by atoms with Crippen molar-refractivity contribution in [1.82, 2.24) is 15.1 Å². The predicted octanol–water partition coefficient (Wildman–Crippen LogP) is 18.5. The molecule has 0 saturated heterocycles. The number of carbonyl (C=O) groups is 2. The Morgan fingerprint density at radius 1 is 0.382 bits per heavy atom. The summed E-state index contributed by atoms with van der Waals surface area (Å²) < 4.78 is 0. The lowest BCUT2D eigenvalue weighted by molar-refractivity contribution is -0.132. The molecule has 1 aliphatic rings. The molecule has 1 saturated carbocycles. The highest BCUT2D eigenvalue weighted by Crippen LogP contribution is 2.33. The van der Waals surface area contributed by atoms with Gasteiger partial charge in [0.2, 0.25) is 11.8 Å². The summed E-state index contributed by atoms with van der Waals surface area (Å²) in [5, 5.41) is 14.4. The maximum atomic E-state index is 13.6. The van der Waals surface area contributed by atoms with Gasteiger partial charge in [-0.2, -0.15) is 0 Å². The van der Waals surface area contributed by atoms with E-state index in [9.17, 15) is 14.7 Å². The number of carbonyl (C=O) groups excluding carboxylic acids is 2. The molecule has 0 unspecified atom stereocenters. The zero-order valence-corrected chi connectivity index (χ0v) is 46.9. The number of nitrogens with one attached hydrogen (secondary N) is 1. The van der Waals surface area contributed by atoms with Gasteiger partial charge in [0.05, 0.1) is 6.10 Å². The molecule has 1 fully saturated rings. The van der Waals surface area contributed by atoms with E-state index in [0.29, 0.717) is 18.2 Å². The van der Waals surface area contributed by atoms with Gasteiger partial charge in [-0.3, -0.25) is 9.59 Å². The number of rotatable bonds is 53. The molecule has 0 aromatic rings. The topological polar surface area (TPSA) is 72.9 Å². The lowest BCUT2D eigenvalue weighted by Crippen LogP contribution is -2.49. The Bertz CT molecular complexity index is 1020. The number of unbranched alkanes of at least 4 members (excludes halogenated alkanes) is 36. The van der Waals surface area contributed by atoms with Crippen molar-refractivity contribution >= 4 is 11.8 Å². The first-order valence-electron chi connectivity index (χ1n) is 31.4. The number of aliphatic hydroxyl groups is 1. The first kappa shape index (κ1) is 64.9. The van der Waals surface area contributed by atoms with E-state index in [0.717, 1.165) is 96.9 Å². The van der Waals surface area contributed by atoms with Gasteiger partial charge in [0.1, 0.15) is 0 Å². The van der Waals surface area contributed by atoms with Gasteiger partial charge >= 0.3 is 0 Å². The van der Waals surface area contributed by atoms with E-state index < -0.39 is 0 Å². The Labute approximate surface area is 426 Å². The largest absolute Gasteiger partial charge is 0.393 e. The first-order valence-corrected chi connectivity index (χ1v) is 31.4. The molecule has 404 valence electrons. The summed E-state index contributed by atoms with van der Waals surface area (Å²) in [6.45, 7) is 14.1. The van der Waals surface area contributed by atoms with E-state index in [1.54, 1.807) is 0 Å². The summed E-state index contributed by atoms with van der Waals surface area (Å²) in [5.41, 5.74) is 0.158. The lowest BCUT2D eigenvalue weighted by Gasteiger charge is -2.40. The molecule has 2 N–H and O–H groups in total.